The quantitative estimate of drug-likeness (QED) is 0.305. The Bertz CT molecular complexity index is 1410. The van der Waals surface area contributed by atoms with Crippen LogP contribution in [0.25, 0.3) is 39.4 Å². The van der Waals surface area contributed by atoms with Gasteiger partial charge in [0.2, 0.25) is 0 Å². The van der Waals surface area contributed by atoms with Gasteiger partial charge in [-0.3, -0.25) is 0 Å². The molecule has 0 amide bonds. The molecular weight excluding hydrogens is 450 g/mol. The molecule has 2 heterocycles. The van der Waals surface area contributed by atoms with E-state index in [1.54, 1.807) is 0 Å². The second-order valence-corrected chi connectivity index (χ2v) is 10.8. The van der Waals surface area contributed by atoms with Crippen molar-refractivity contribution in [3.63, 3.8) is 0 Å². The maximum absolute atomic E-state index is 6.35. The number of hydrogen-bond donors (Lipinski definition) is 1. The molecule has 1 N–H and O–H groups in total. The molecule has 3 aromatic carbocycles. The van der Waals surface area contributed by atoms with Crippen LogP contribution in [0.5, 0.6) is 6.01 Å². The van der Waals surface area contributed by atoms with Crippen molar-refractivity contribution in [2.45, 2.75) is 43.7 Å². The lowest BCUT2D eigenvalue weighted by atomic mass is 9.65. The van der Waals surface area contributed by atoms with E-state index >= 15 is 0 Å². The zero-order valence-corrected chi connectivity index (χ0v) is 21.5. The van der Waals surface area contributed by atoms with Crippen LogP contribution in [0, 0.1) is 6.92 Å². The molecule has 2 fully saturated rings. The lowest BCUT2D eigenvalue weighted by Crippen LogP contribution is -2.32. The molecule has 6 rings (SSSR count). The van der Waals surface area contributed by atoms with E-state index in [1.807, 2.05) is 6.08 Å². The van der Waals surface area contributed by atoms with Gasteiger partial charge in [-0.2, -0.15) is 4.98 Å². The van der Waals surface area contributed by atoms with Crippen molar-refractivity contribution in [3.8, 4) is 28.3 Å². The van der Waals surface area contributed by atoms with Gasteiger partial charge in [-0.1, -0.05) is 61.2 Å². The van der Waals surface area contributed by atoms with Crippen LogP contribution in [-0.4, -0.2) is 36.6 Å². The molecule has 35 heavy (non-hydrogen) atoms. The smallest absolute Gasteiger partial charge is 0.295 e. The van der Waals surface area contributed by atoms with E-state index < -0.39 is 0 Å². The van der Waals surface area contributed by atoms with Gasteiger partial charge in [0.1, 0.15) is 14.0 Å². The number of aromatic amines is 1. The Labute approximate surface area is 209 Å². The first kappa shape index (κ1) is 22.6. The van der Waals surface area contributed by atoms with Gasteiger partial charge in [0.05, 0.1) is 17.1 Å². The third-order valence-corrected chi connectivity index (χ3v) is 8.46. The Morgan fingerprint density at radius 3 is 2.51 bits per heavy atom. The van der Waals surface area contributed by atoms with E-state index in [2.05, 4.69) is 90.2 Å². The second kappa shape index (κ2) is 8.66. The van der Waals surface area contributed by atoms with E-state index in [9.17, 15) is 0 Å². The molecule has 1 saturated carbocycles. The minimum atomic E-state index is 0.0599. The summed E-state index contributed by atoms with van der Waals surface area (Å²) in [6.45, 7) is 6.82. The highest BCUT2D eigenvalue weighted by Crippen LogP contribution is 2.51. The molecule has 2 aliphatic rings. The second-order valence-electron chi connectivity index (χ2n) is 10.2. The lowest BCUT2D eigenvalue weighted by Gasteiger charge is -2.24. The van der Waals surface area contributed by atoms with Crippen LogP contribution in [0.1, 0.15) is 30.4 Å². The van der Waals surface area contributed by atoms with Gasteiger partial charge in [0.15, 0.2) is 0 Å². The van der Waals surface area contributed by atoms with E-state index in [4.69, 9.17) is 14.5 Å². The maximum atomic E-state index is 6.35. The Morgan fingerprint density at radius 1 is 1.11 bits per heavy atom. The molecule has 0 bridgehead atoms. The zero-order valence-electron chi connectivity index (χ0n) is 20.3. The van der Waals surface area contributed by atoms with Crippen LogP contribution in [0.15, 0.2) is 61.2 Å². The van der Waals surface area contributed by atoms with E-state index in [1.165, 1.54) is 27.8 Å². The van der Waals surface area contributed by atoms with Gasteiger partial charge < -0.3 is 14.5 Å². The number of aromatic nitrogens is 2. The summed E-state index contributed by atoms with van der Waals surface area (Å²) >= 11 is 0. The summed E-state index contributed by atoms with van der Waals surface area (Å²) < 4.78 is 12.4. The van der Waals surface area contributed by atoms with Gasteiger partial charge in [-0.15, -0.1) is 9.24 Å². The molecule has 0 radical (unpaired) electrons. The van der Waals surface area contributed by atoms with E-state index in [-0.39, 0.29) is 17.5 Å². The monoisotopic (exact) mass is 480 g/mol. The predicted molar refractivity (Wildman–Crippen MR) is 150 cm³/mol. The molecule has 3 unspecified atom stereocenters. The Kier molecular flexibility index (Phi) is 5.58. The first-order valence-electron chi connectivity index (χ1n) is 12.4. The number of nitrogens with zero attached hydrogens (tertiary/aromatic N) is 1. The average Bonchev–Trinajstić information content (AvgIpc) is 3.53. The highest BCUT2D eigenvalue weighted by Gasteiger charge is 2.50. The number of rotatable bonds is 5. The van der Waals surface area contributed by atoms with Gasteiger partial charge in [-0.05, 0) is 70.9 Å². The number of imidazole rings is 1. The van der Waals surface area contributed by atoms with Crippen molar-refractivity contribution in [1.82, 2.24) is 9.97 Å². The molecule has 4 atom stereocenters. The fourth-order valence-electron chi connectivity index (χ4n) is 5.85. The Morgan fingerprint density at radius 2 is 1.80 bits per heavy atom. The normalized spacial score (nSPS) is 23.5. The molecule has 4 aromatic rings. The third-order valence-electron chi connectivity index (χ3n) is 7.90. The van der Waals surface area contributed by atoms with Crippen molar-refractivity contribution in [2.24, 2.45) is 0 Å². The van der Waals surface area contributed by atoms with Gasteiger partial charge in [0.25, 0.3) is 6.01 Å². The minimum absolute atomic E-state index is 0.0599. The lowest BCUT2D eigenvalue weighted by molar-refractivity contribution is 0.0181. The number of fused-ring (bicyclic) bond motifs is 2. The van der Waals surface area contributed by atoms with Crippen molar-refractivity contribution < 1.29 is 9.47 Å². The van der Waals surface area contributed by atoms with Crippen molar-refractivity contribution >= 4 is 39.5 Å². The van der Waals surface area contributed by atoms with Crippen LogP contribution >= 0.6 is 9.24 Å². The molecule has 1 aliphatic heterocycles. The van der Waals surface area contributed by atoms with Crippen LogP contribution in [0.2, 0.25) is 5.31 Å². The SMILES string of the molecule is BC12CCOC1[C@H](Oc1nc3c(P)c(-c4ccc(-c5ccc(C=C)cc5)cc4)c(C)cc3[nH]1)CC2. The minimum Gasteiger partial charge on any atom is -0.459 e. The number of benzene rings is 3. The number of nitrogens with one attached hydrogen (secondary N) is 1. The summed E-state index contributed by atoms with van der Waals surface area (Å²) in [7, 11) is 5.24. The van der Waals surface area contributed by atoms with E-state index in [0.29, 0.717) is 6.01 Å². The first-order valence-corrected chi connectivity index (χ1v) is 12.9. The van der Waals surface area contributed by atoms with Gasteiger partial charge in [0, 0.05) is 11.9 Å². The summed E-state index contributed by atoms with van der Waals surface area (Å²) in [5.41, 5.74) is 9.03. The summed E-state index contributed by atoms with van der Waals surface area (Å²) in [4.78, 5) is 8.27. The number of H-pyrrole nitrogens is 1. The molecule has 176 valence electrons. The molecular formula is C29H30BN2O2P. The maximum Gasteiger partial charge on any atom is 0.295 e. The predicted octanol–water partition coefficient (Wildman–Crippen LogP) is 5.47. The molecule has 1 aliphatic carbocycles. The largest absolute Gasteiger partial charge is 0.459 e. The zero-order chi connectivity index (χ0) is 24.2. The molecule has 6 heteroatoms. The standard InChI is InChI=1S/C29H30BN2O2P/c1-3-18-4-6-19(7-5-18)20-8-10-21(11-9-20)24-17(2)16-22-25(26(24)35)32-28(31-22)34-23-12-13-29(30)14-15-33-27(23)29/h3-11,16,23,27H,1,12-15,30,35H2,2H3,(H,31,32)/t23-,27?,29?/m1/s1. The number of aryl methyl sites for hydroxylation is 1. The Balaban J connectivity index is 1.29. The molecule has 1 saturated heterocycles. The van der Waals surface area contributed by atoms with Crippen molar-refractivity contribution in [1.29, 1.82) is 0 Å². The van der Waals surface area contributed by atoms with Crippen LogP contribution in [-0.2, 0) is 4.74 Å². The van der Waals surface area contributed by atoms with Crippen LogP contribution in [0.4, 0.5) is 0 Å². The fraction of sp³-hybridized carbons (Fsp3) is 0.276. The summed E-state index contributed by atoms with van der Waals surface area (Å²) in [6.07, 6.45) is 5.37. The summed E-state index contributed by atoms with van der Waals surface area (Å²) in [5.74, 6) is 0. The van der Waals surface area contributed by atoms with E-state index in [0.717, 1.165) is 47.8 Å². The van der Waals surface area contributed by atoms with Crippen LogP contribution < -0.4 is 10.0 Å². The van der Waals surface area contributed by atoms with Gasteiger partial charge in [-0.25, -0.2) is 0 Å². The highest BCUT2D eigenvalue weighted by atomic mass is 31.0. The Hall–Kier alpha value is -2.88. The topological polar surface area (TPSA) is 47.1 Å². The van der Waals surface area contributed by atoms with Crippen molar-refractivity contribution in [3.05, 3.63) is 72.3 Å². The molecule has 4 nitrogen and oxygen atoms in total. The fourth-order valence-corrected chi connectivity index (χ4v) is 6.46. The van der Waals surface area contributed by atoms with Gasteiger partial charge >= 0.3 is 0 Å². The highest BCUT2D eigenvalue weighted by molar-refractivity contribution is 7.29. The average molecular weight is 480 g/mol. The molecule has 0 spiro atoms. The third kappa shape index (κ3) is 3.91. The first-order chi connectivity index (χ1) is 16.9. The van der Waals surface area contributed by atoms with Crippen LogP contribution in [0.3, 0.4) is 0 Å². The number of ether oxygens (including phenoxy) is 2. The molecule has 1 aromatic heterocycles. The summed E-state index contributed by atoms with van der Waals surface area (Å²) in [6, 6.07) is 20.0. The number of hydrogen-bond acceptors (Lipinski definition) is 3. The van der Waals surface area contributed by atoms with Crippen molar-refractivity contribution in [2.75, 3.05) is 6.61 Å². The summed E-state index contributed by atoms with van der Waals surface area (Å²) in [5, 5.41) is 1.33.